The van der Waals surface area contributed by atoms with Crippen LogP contribution in [0.5, 0.6) is 0 Å². The summed E-state index contributed by atoms with van der Waals surface area (Å²) in [6.45, 7) is 8.71. The monoisotopic (exact) mass is 165 g/mol. The number of rotatable bonds is 2. The molecule has 1 rings (SSSR count). The average Bonchev–Trinajstić information content (AvgIpc) is 2.09. The first kappa shape index (κ1) is 9.24. The van der Waals surface area contributed by atoms with Crippen LogP contribution >= 0.6 is 0 Å². The van der Waals surface area contributed by atoms with Crippen molar-refractivity contribution in [1.82, 2.24) is 9.80 Å². The van der Waals surface area contributed by atoms with E-state index in [4.69, 9.17) is 5.26 Å². The van der Waals surface area contributed by atoms with Crippen LogP contribution in [0.1, 0.15) is 0 Å². The van der Waals surface area contributed by atoms with Gasteiger partial charge in [0.25, 0.3) is 0 Å². The third-order valence-electron chi connectivity index (χ3n) is 2.17. The normalized spacial score (nSPS) is 20.3. The highest BCUT2D eigenvalue weighted by atomic mass is 15.2. The molecule has 3 heteroatoms. The SMILES string of the molecule is C=C(C#N)CN1CCN(C)CC1. The standard InChI is InChI=1S/C9H15N3/c1-9(7-10)8-12-5-3-11(2)4-6-12/h1,3-6,8H2,2H3. The Labute approximate surface area is 73.9 Å². The summed E-state index contributed by atoms with van der Waals surface area (Å²) < 4.78 is 0. The van der Waals surface area contributed by atoms with Crippen molar-refractivity contribution in [3.05, 3.63) is 12.2 Å². The van der Waals surface area contributed by atoms with Gasteiger partial charge in [0.15, 0.2) is 0 Å². The molecule has 1 fully saturated rings. The number of hydrogen-bond donors (Lipinski definition) is 0. The van der Waals surface area contributed by atoms with Crippen molar-refractivity contribution in [2.45, 2.75) is 0 Å². The van der Waals surface area contributed by atoms with E-state index in [2.05, 4.69) is 29.5 Å². The molecule has 0 amide bonds. The van der Waals surface area contributed by atoms with Gasteiger partial charge in [-0.15, -0.1) is 0 Å². The first-order valence-electron chi connectivity index (χ1n) is 4.21. The Hall–Kier alpha value is -0.850. The predicted octanol–water partition coefficient (Wildman–Crippen LogP) is 0.314. The molecule has 0 aromatic heterocycles. The molecule has 0 aromatic rings. The van der Waals surface area contributed by atoms with Crippen molar-refractivity contribution < 1.29 is 0 Å². The summed E-state index contributed by atoms with van der Waals surface area (Å²) in [5.74, 6) is 0. The summed E-state index contributed by atoms with van der Waals surface area (Å²) in [5.41, 5.74) is 0.666. The Balaban J connectivity index is 2.27. The third kappa shape index (κ3) is 2.65. The summed E-state index contributed by atoms with van der Waals surface area (Å²) in [6.07, 6.45) is 0. The van der Waals surface area contributed by atoms with Crippen LogP contribution in [0.2, 0.25) is 0 Å². The van der Waals surface area contributed by atoms with Gasteiger partial charge >= 0.3 is 0 Å². The molecule has 12 heavy (non-hydrogen) atoms. The van der Waals surface area contributed by atoms with Crippen LogP contribution in [-0.2, 0) is 0 Å². The Bertz CT molecular complexity index is 196. The van der Waals surface area contributed by atoms with Crippen molar-refractivity contribution in [2.24, 2.45) is 0 Å². The van der Waals surface area contributed by atoms with Crippen LogP contribution in [0.4, 0.5) is 0 Å². The molecule has 0 aromatic carbocycles. The van der Waals surface area contributed by atoms with Gasteiger partial charge in [-0.2, -0.15) is 5.26 Å². The number of hydrogen-bond acceptors (Lipinski definition) is 3. The first-order chi connectivity index (χ1) is 5.72. The van der Waals surface area contributed by atoms with E-state index in [0.29, 0.717) is 5.57 Å². The second-order valence-electron chi connectivity index (χ2n) is 3.29. The first-order valence-corrected chi connectivity index (χ1v) is 4.21. The summed E-state index contributed by atoms with van der Waals surface area (Å²) in [5, 5.41) is 8.53. The minimum absolute atomic E-state index is 0.666. The van der Waals surface area contributed by atoms with Crippen LogP contribution in [0.25, 0.3) is 0 Å². The molecule has 0 aliphatic carbocycles. The van der Waals surface area contributed by atoms with Crippen molar-refractivity contribution >= 4 is 0 Å². The Morgan fingerprint density at radius 1 is 1.42 bits per heavy atom. The van der Waals surface area contributed by atoms with E-state index >= 15 is 0 Å². The lowest BCUT2D eigenvalue weighted by molar-refractivity contribution is 0.165. The minimum Gasteiger partial charge on any atom is -0.304 e. The maximum Gasteiger partial charge on any atom is 0.0954 e. The molecule has 1 heterocycles. The van der Waals surface area contributed by atoms with Gasteiger partial charge in [0.2, 0.25) is 0 Å². The van der Waals surface area contributed by atoms with Crippen LogP contribution in [0, 0.1) is 11.3 Å². The predicted molar refractivity (Wildman–Crippen MR) is 48.7 cm³/mol. The zero-order valence-electron chi connectivity index (χ0n) is 7.58. The van der Waals surface area contributed by atoms with Gasteiger partial charge in [-0.1, -0.05) is 6.58 Å². The number of likely N-dealkylation sites (N-methyl/N-ethyl adjacent to an activating group) is 1. The van der Waals surface area contributed by atoms with Gasteiger partial charge < -0.3 is 4.90 Å². The van der Waals surface area contributed by atoms with Gasteiger partial charge in [0.1, 0.15) is 0 Å². The van der Waals surface area contributed by atoms with Gasteiger partial charge in [0.05, 0.1) is 6.07 Å². The van der Waals surface area contributed by atoms with Gasteiger partial charge in [0, 0.05) is 38.3 Å². The van der Waals surface area contributed by atoms with Crippen molar-refractivity contribution in [1.29, 1.82) is 5.26 Å². The zero-order chi connectivity index (χ0) is 8.97. The molecule has 66 valence electrons. The molecule has 1 aliphatic rings. The van der Waals surface area contributed by atoms with Gasteiger partial charge in [-0.05, 0) is 7.05 Å². The maximum atomic E-state index is 8.53. The van der Waals surface area contributed by atoms with Crippen LogP contribution in [-0.4, -0.2) is 49.6 Å². The zero-order valence-corrected chi connectivity index (χ0v) is 7.58. The molecule has 1 aliphatic heterocycles. The highest BCUT2D eigenvalue weighted by molar-refractivity contribution is 5.17. The molecule has 0 N–H and O–H groups in total. The topological polar surface area (TPSA) is 30.3 Å². The quantitative estimate of drug-likeness (QED) is 0.552. The fourth-order valence-corrected chi connectivity index (χ4v) is 1.31. The minimum atomic E-state index is 0.666. The smallest absolute Gasteiger partial charge is 0.0954 e. The maximum absolute atomic E-state index is 8.53. The largest absolute Gasteiger partial charge is 0.304 e. The number of nitrogens with zero attached hydrogens (tertiary/aromatic N) is 3. The fraction of sp³-hybridized carbons (Fsp3) is 0.667. The Morgan fingerprint density at radius 2 is 2.00 bits per heavy atom. The Morgan fingerprint density at radius 3 is 2.50 bits per heavy atom. The molecule has 0 radical (unpaired) electrons. The van der Waals surface area contributed by atoms with E-state index in [0.717, 1.165) is 32.7 Å². The summed E-state index contributed by atoms with van der Waals surface area (Å²) in [4.78, 5) is 4.57. The van der Waals surface area contributed by atoms with Gasteiger partial charge in [-0.25, -0.2) is 0 Å². The van der Waals surface area contributed by atoms with E-state index in [-0.39, 0.29) is 0 Å². The van der Waals surface area contributed by atoms with Crippen molar-refractivity contribution in [2.75, 3.05) is 39.8 Å². The summed E-state index contributed by atoms with van der Waals surface area (Å²) in [6, 6.07) is 2.07. The molecular weight excluding hydrogens is 150 g/mol. The molecule has 0 saturated carbocycles. The average molecular weight is 165 g/mol. The summed E-state index contributed by atoms with van der Waals surface area (Å²) in [7, 11) is 2.12. The third-order valence-corrected chi connectivity index (χ3v) is 2.17. The number of piperazine rings is 1. The van der Waals surface area contributed by atoms with Crippen molar-refractivity contribution in [3.63, 3.8) is 0 Å². The Kier molecular flexibility index (Phi) is 3.27. The lowest BCUT2D eigenvalue weighted by Gasteiger charge is -2.31. The van der Waals surface area contributed by atoms with E-state index in [9.17, 15) is 0 Å². The van der Waals surface area contributed by atoms with E-state index in [1.807, 2.05) is 0 Å². The number of nitriles is 1. The molecule has 0 unspecified atom stereocenters. The molecule has 1 saturated heterocycles. The van der Waals surface area contributed by atoms with Crippen LogP contribution in [0.15, 0.2) is 12.2 Å². The molecular formula is C9H15N3. The molecule has 3 nitrogen and oxygen atoms in total. The molecule has 0 atom stereocenters. The van der Waals surface area contributed by atoms with Crippen LogP contribution in [0.3, 0.4) is 0 Å². The van der Waals surface area contributed by atoms with Crippen molar-refractivity contribution in [3.8, 4) is 6.07 Å². The second-order valence-corrected chi connectivity index (χ2v) is 3.29. The molecule has 0 spiro atoms. The van der Waals surface area contributed by atoms with E-state index < -0.39 is 0 Å². The second kappa shape index (κ2) is 4.24. The van der Waals surface area contributed by atoms with Crippen LogP contribution < -0.4 is 0 Å². The van der Waals surface area contributed by atoms with Gasteiger partial charge in [-0.3, -0.25) is 4.90 Å². The fourth-order valence-electron chi connectivity index (χ4n) is 1.31. The van der Waals surface area contributed by atoms with E-state index in [1.165, 1.54) is 0 Å². The molecule has 0 bridgehead atoms. The summed E-state index contributed by atoms with van der Waals surface area (Å²) >= 11 is 0. The highest BCUT2D eigenvalue weighted by Crippen LogP contribution is 2.01. The highest BCUT2D eigenvalue weighted by Gasteiger charge is 2.13. The lowest BCUT2D eigenvalue weighted by atomic mass is 10.2. The van der Waals surface area contributed by atoms with E-state index in [1.54, 1.807) is 0 Å². The lowest BCUT2D eigenvalue weighted by Crippen LogP contribution is -2.44.